The fraction of sp³-hybridized carbons (Fsp3) is 0.462. The number of rotatable bonds is 5. The van der Waals surface area contributed by atoms with Gasteiger partial charge in [-0.2, -0.15) is 0 Å². The molecule has 0 saturated heterocycles. The number of hydrogen-bond donors (Lipinski definition) is 1. The molecule has 0 spiro atoms. The predicted octanol–water partition coefficient (Wildman–Crippen LogP) is 3.35. The summed E-state index contributed by atoms with van der Waals surface area (Å²) in [5.74, 6) is 1.06. The Kier molecular flexibility index (Phi) is 4.51. The van der Waals surface area contributed by atoms with Gasteiger partial charge in [0.15, 0.2) is 0 Å². The number of benzene rings is 1. The minimum Gasteiger partial charge on any atom is -0.352 e. The molecule has 1 atom stereocenters. The molecule has 0 aliphatic heterocycles. The van der Waals surface area contributed by atoms with E-state index in [9.17, 15) is 4.79 Å². The van der Waals surface area contributed by atoms with Crippen molar-refractivity contribution in [1.82, 2.24) is 5.32 Å². The first-order valence-electron chi connectivity index (χ1n) is 5.81. The van der Waals surface area contributed by atoms with Crippen molar-refractivity contribution < 1.29 is 4.79 Å². The highest BCUT2D eigenvalue weighted by Crippen LogP contribution is 2.22. The molecule has 4 heteroatoms. The lowest BCUT2D eigenvalue weighted by atomic mass is 10.2. The van der Waals surface area contributed by atoms with Crippen LogP contribution < -0.4 is 5.32 Å². The SMILES string of the molecule is CC(SCc1ccc(Br)cc1)C(=O)NC1CC1. The van der Waals surface area contributed by atoms with E-state index in [4.69, 9.17) is 0 Å². The summed E-state index contributed by atoms with van der Waals surface area (Å²) in [6.45, 7) is 1.97. The molecule has 1 fully saturated rings. The second-order valence-electron chi connectivity index (χ2n) is 4.36. The topological polar surface area (TPSA) is 29.1 Å². The van der Waals surface area contributed by atoms with Crippen LogP contribution in [0.25, 0.3) is 0 Å². The Morgan fingerprint density at radius 1 is 1.47 bits per heavy atom. The molecule has 1 unspecified atom stereocenters. The Labute approximate surface area is 115 Å². The van der Waals surface area contributed by atoms with Gasteiger partial charge in [0.25, 0.3) is 0 Å². The van der Waals surface area contributed by atoms with Gasteiger partial charge in [0.2, 0.25) is 5.91 Å². The van der Waals surface area contributed by atoms with Crippen molar-refractivity contribution >= 4 is 33.6 Å². The molecule has 0 bridgehead atoms. The summed E-state index contributed by atoms with van der Waals surface area (Å²) < 4.78 is 1.09. The third kappa shape index (κ3) is 4.36. The van der Waals surface area contributed by atoms with E-state index >= 15 is 0 Å². The largest absolute Gasteiger partial charge is 0.352 e. The number of amides is 1. The molecule has 1 saturated carbocycles. The van der Waals surface area contributed by atoms with Crippen LogP contribution in [0.2, 0.25) is 0 Å². The first-order valence-corrected chi connectivity index (χ1v) is 7.66. The highest BCUT2D eigenvalue weighted by molar-refractivity contribution is 9.10. The van der Waals surface area contributed by atoms with Gasteiger partial charge in [-0.05, 0) is 37.5 Å². The molecule has 2 rings (SSSR count). The van der Waals surface area contributed by atoms with Crippen molar-refractivity contribution in [2.45, 2.75) is 36.8 Å². The van der Waals surface area contributed by atoms with E-state index < -0.39 is 0 Å². The summed E-state index contributed by atoms with van der Waals surface area (Å²) in [7, 11) is 0. The van der Waals surface area contributed by atoms with Gasteiger partial charge in [0.1, 0.15) is 0 Å². The zero-order valence-electron chi connectivity index (χ0n) is 9.78. The molecule has 1 aromatic rings. The fourth-order valence-electron chi connectivity index (χ4n) is 1.42. The molecule has 1 aliphatic rings. The Balaban J connectivity index is 1.76. The summed E-state index contributed by atoms with van der Waals surface area (Å²) in [5, 5.41) is 3.06. The lowest BCUT2D eigenvalue weighted by Crippen LogP contribution is -2.32. The fourth-order valence-corrected chi connectivity index (χ4v) is 2.54. The van der Waals surface area contributed by atoms with Crippen LogP contribution in [0.4, 0.5) is 0 Å². The standard InChI is InChI=1S/C13H16BrNOS/c1-9(13(16)15-12-6-7-12)17-8-10-2-4-11(14)5-3-10/h2-5,9,12H,6-8H2,1H3,(H,15,16). The van der Waals surface area contributed by atoms with Gasteiger partial charge in [0.05, 0.1) is 5.25 Å². The van der Waals surface area contributed by atoms with Crippen molar-refractivity contribution in [2.75, 3.05) is 0 Å². The van der Waals surface area contributed by atoms with Gasteiger partial charge in [0, 0.05) is 16.3 Å². The van der Waals surface area contributed by atoms with E-state index in [1.807, 2.05) is 19.1 Å². The first kappa shape index (κ1) is 13.0. The molecule has 1 amide bonds. The van der Waals surface area contributed by atoms with E-state index in [1.165, 1.54) is 5.56 Å². The maximum Gasteiger partial charge on any atom is 0.233 e. The van der Waals surface area contributed by atoms with Crippen LogP contribution in [-0.2, 0) is 10.5 Å². The molecule has 1 N–H and O–H groups in total. The number of carbonyl (C=O) groups is 1. The molecule has 17 heavy (non-hydrogen) atoms. The summed E-state index contributed by atoms with van der Waals surface area (Å²) in [6, 6.07) is 8.69. The lowest BCUT2D eigenvalue weighted by Gasteiger charge is -2.11. The number of thioether (sulfide) groups is 1. The monoisotopic (exact) mass is 313 g/mol. The van der Waals surface area contributed by atoms with Gasteiger partial charge in [-0.1, -0.05) is 28.1 Å². The Morgan fingerprint density at radius 3 is 2.71 bits per heavy atom. The van der Waals surface area contributed by atoms with E-state index in [2.05, 4.69) is 33.4 Å². The highest BCUT2D eigenvalue weighted by Gasteiger charge is 2.25. The molecule has 1 aromatic carbocycles. The summed E-state index contributed by atoms with van der Waals surface area (Å²) in [5.41, 5.74) is 1.25. The van der Waals surface area contributed by atoms with Gasteiger partial charge in [-0.25, -0.2) is 0 Å². The summed E-state index contributed by atoms with van der Waals surface area (Å²) in [4.78, 5) is 11.7. The number of halogens is 1. The second kappa shape index (κ2) is 5.91. The van der Waals surface area contributed by atoms with Crippen LogP contribution in [0.15, 0.2) is 28.7 Å². The molecule has 92 valence electrons. The quantitative estimate of drug-likeness (QED) is 0.903. The van der Waals surface area contributed by atoms with Crippen molar-refractivity contribution in [3.05, 3.63) is 34.3 Å². The van der Waals surface area contributed by atoms with E-state index in [-0.39, 0.29) is 11.2 Å². The zero-order valence-corrected chi connectivity index (χ0v) is 12.2. The number of carbonyl (C=O) groups excluding carboxylic acids is 1. The van der Waals surface area contributed by atoms with E-state index in [0.717, 1.165) is 23.1 Å². The Bertz CT molecular complexity index is 389. The molecule has 0 heterocycles. The Hall–Kier alpha value is -0.480. The number of hydrogen-bond acceptors (Lipinski definition) is 2. The van der Waals surface area contributed by atoms with Crippen molar-refractivity contribution in [3.63, 3.8) is 0 Å². The third-order valence-corrected chi connectivity index (χ3v) is 4.45. The number of nitrogens with one attached hydrogen (secondary N) is 1. The third-order valence-electron chi connectivity index (χ3n) is 2.71. The predicted molar refractivity (Wildman–Crippen MR) is 76.1 cm³/mol. The highest BCUT2D eigenvalue weighted by atomic mass is 79.9. The molecule has 2 nitrogen and oxygen atoms in total. The van der Waals surface area contributed by atoms with Crippen molar-refractivity contribution in [3.8, 4) is 0 Å². The molecule has 1 aliphatic carbocycles. The van der Waals surface area contributed by atoms with Crippen LogP contribution in [0.1, 0.15) is 25.3 Å². The van der Waals surface area contributed by atoms with Crippen LogP contribution in [0, 0.1) is 0 Å². The second-order valence-corrected chi connectivity index (χ2v) is 6.61. The Morgan fingerprint density at radius 2 is 2.12 bits per heavy atom. The molecule has 0 aromatic heterocycles. The van der Waals surface area contributed by atoms with Crippen LogP contribution >= 0.6 is 27.7 Å². The van der Waals surface area contributed by atoms with Crippen molar-refractivity contribution in [2.24, 2.45) is 0 Å². The smallest absolute Gasteiger partial charge is 0.233 e. The minimum atomic E-state index is 0.0271. The van der Waals surface area contributed by atoms with E-state index in [0.29, 0.717) is 6.04 Å². The molecular formula is C13H16BrNOS. The van der Waals surface area contributed by atoms with Crippen LogP contribution in [0.3, 0.4) is 0 Å². The van der Waals surface area contributed by atoms with E-state index in [1.54, 1.807) is 11.8 Å². The minimum absolute atomic E-state index is 0.0271. The summed E-state index contributed by atoms with van der Waals surface area (Å²) >= 11 is 5.10. The zero-order chi connectivity index (χ0) is 12.3. The summed E-state index contributed by atoms with van der Waals surface area (Å²) in [6.07, 6.45) is 2.30. The average Bonchev–Trinajstić information content (AvgIpc) is 3.11. The van der Waals surface area contributed by atoms with Crippen LogP contribution in [0.5, 0.6) is 0 Å². The first-order chi connectivity index (χ1) is 8.15. The van der Waals surface area contributed by atoms with Crippen molar-refractivity contribution in [1.29, 1.82) is 0 Å². The normalized spacial score (nSPS) is 16.6. The van der Waals surface area contributed by atoms with Crippen LogP contribution in [-0.4, -0.2) is 17.2 Å². The van der Waals surface area contributed by atoms with Gasteiger partial charge >= 0.3 is 0 Å². The van der Waals surface area contributed by atoms with Gasteiger partial charge < -0.3 is 5.32 Å². The maximum atomic E-state index is 11.7. The molecule has 0 radical (unpaired) electrons. The average molecular weight is 314 g/mol. The lowest BCUT2D eigenvalue weighted by molar-refractivity contribution is -0.120. The molecular weight excluding hydrogens is 298 g/mol. The maximum absolute atomic E-state index is 11.7. The van der Waals surface area contributed by atoms with Gasteiger partial charge in [-0.3, -0.25) is 4.79 Å². The van der Waals surface area contributed by atoms with Gasteiger partial charge in [-0.15, -0.1) is 11.8 Å².